The van der Waals surface area contributed by atoms with Crippen LogP contribution in [0, 0.1) is 0 Å². The van der Waals surface area contributed by atoms with Crippen LogP contribution in [0.25, 0.3) is 5.82 Å². The van der Waals surface area contributed by atoms with E-state index in [4.69, 9.17) is 11.6 Å². The van der Waals surface area contributed by atoms with Gasteiger partial charge in [0.25, 0.3) is 0 Å². The lowest BCUT2D eigenvalue weighted by molar-refractivity contribution is 0.249. The molecule has 0 N–H and O–H groups in total. The van der Waals surface area contributed by atoms with Crippen molar-refractivity contribution in [2.75, 3.05) is 31.1 Å². The van der Waals surface area contributed by atoms with E-state index < -0.39 is 0 Å². The summed E-state index contributed by atoms with van der Waals surface area (Å²) in [6.45, 7) is 4.70. The highest BCUT2D eigenvalue weighted by Crippen LogP contribution is 2.20. The lowest BCUT2D eigenvalue weighted by Crippen LogP contribution is -2.46. The number of halogens is 1. The molecular weight excluding hydrogens is 336 g/mol. The molecule has 0 unspecified atom stereocenters. The second-order valence-electron chi connectivity index (χ2n) is 6.04. The molecule has 0 aliphatic carbocycles. The first-order valence-electron chi connectivity index (χ1n) is 8.32. The lowest BCUT2D eigenvalue weighted by Gasteiger charge is -2.35. The van der Waals surface area contributed by atoms with Gasteiger partial charge in [0, 0.05) is 56.2 Å². The van der Waals surface area contributed by atoms with Crippen molar-refractivity contribution in [3.8, 4) is 5.82 Å². The molecule has 0 atom stereocenters. The molecule has 128 valence electrons. The summed E-state index contributed by atoms with van der Waals surface area (Å²) in [7, 11) is 0. The molecule has 3 aromatic rings. The van der Waals surface area contributed by atoms with Crippen molar-refractivity contribution in [3.63, 3.8) is 0 Å². The molecule has 1 aliphatic heterocycles. The molecule has 3 heterocycles. The highest BCUT2D eigenvalue weighted by molar-refractivity contribution is 6.31. The van der Waals surface area contributed by atoms with E-state index in [1.165, 1.54) is 5.56 Å². The molecule has 7 heteroatoms. The van der Waals surface area contributed by atoms with Crippen LogP contribution in [0.2, 0.25) is 5.02 Å². The summed E-state index contributed by atoms with van der Waals surface area (Å²) in [6, 6.07) is 11.9. The van der Waals surface area contributed by atoms with Gasteiger partial charge in [0.1, 0.15) is 12.1 Å². The third kappa shape index (κ3) is 3.65. The van der Waals surface area contributed by atoms with Gasteiger partial charge < -0.3 is 4.90 Å². The fourth-order valence-corrected chi connectivity index (χ4v) is 3.24. The van der Waals surface area contributed by atoms with Gasteiger partial charge in [-0.3, -0.25) is 4.90 Å². The van der Waals surface area contributed by atoms with Crippen LogP contribution in [0.3, 0.4) is 0 Å². The minimum absolute atomic E-state index is 0.786. The monoisotopic (exact) mass is 354 g/mol. The number of rotatable bonds is 4. The van der Waals surface area contributed by atoms with E-state index in [9.17, 15) is 0 Å². The Morgan fingerprint density at radius 3 is 2.52 bits per heavy atom. The van der Waals surface area contributed by atoms with Crippen molar-refractivity contribution in [1.82, 2.24) is 24.6 Å². The van der Waals surface area contributed by atoms with Crippen molar-refractivity contribution >= 4 is 17.4 Å². The fourth-order valence-electron chi connectivity index (χ4n) is 3.04. The maximum absolute atomic E-state index is 6.27. The normalized spacial score (nSPS) is 15.5. The van der Waals surface area contributed by atoms with Crippen LogP contribution in [0.4, 0.5) is 5.82 Å². The van der Waals surface area contributed by atoms with E-state index in [1.807, 2.05) is 36.5 Å². The first-order chi connectivity index (χ1) is 12.3. The summed E-state index contributed by atoms with van der Waals surface area (Å²) in [5.41, 5.74) is 1.18. The Bertz CT molecular complexity index is 827. The average molecular weight is 355 g/mol. The predicted molar refractivity (Wildman–Crippen MR) is 98.1 cm³/mol. The van der Waals surface area contributed by atoms with Gasteiger partial charge in [0.15, 0.2) is 5.82 Å². The molecule has 1 saturated heterocycles. The Hall–Kier alpha value is -2.44. The maximum atomic E-state index is 6.27. The van der Waals surface area contributed by atoms with E-state index in [1.54, 1.807) is 17.2 Å². The summed E-state index contributed by atoms with van der Waals surface area (Å²) < 4.78 is 1.75. The first kappa shape index (κ1) is 16.1. The number of hydrogen-bond donors (Lipinski definition) is 0. The minimum Gasteiger partial charge on any atom is -0.354 e. The Labute approximate surface area is 151 Å². The molecule has 0 saturated carbocycles. The molecule has 0 radical (unpaired) electrons. The van der Waals surface area contributed by atoms with E-state index in [0.29, 0.717) is 0 Å². The molecule has 6 nitrogen and oxygen atoms in total. The van der Waals surface area contributed by atoms with Crippen LogP contribution in [-0.2, 0) is 6.54 Å². The van der Waals surface area contributed by atoms with Gasteiger partial charge in [0.2, 0.25) is 0 Å². The van der Waals surface area contributed by atoms with Gasteiger partial charge >= 0.3 is 0 Å². The van der Waals surface area contributed by atoms with Crippen molar-refractivity contribution in [1.29, 1.82) is 0 Å². The average Bonchev–Trinajstić information content (AvgIpc) is 3.19. The minimum atomic E-state index is 0.786. The number of aromatic nitrogens is 4. The highest BCUT2D eigenvalue weighted by Gasteiger charge is 2.19. The fraction of sp³-hybridized carbons (Fsp3) is 0.278. The summed E-state index contributed by atoms with van der Waals surface area (Å²) in [5, 5.41) is 5.06. The zero-order valence-corrected chi connectivity index (χ0v) is 14.5. The second kappa shape index (κ2) is 7.21. The molecule has 4 rings (SSSR count). The summed E-state index contributed by atoms with van der Waals surface area (Å²) >= 11 is 6.27. The van der Waals surface area contributed by atoms with Gasteiger partial charge in [-0.15, -0.1) is 0 Å². The van der Waals surface area contributed by atoms with Crippen molar-refractivity contribution in [2.24, 2.45) is 0 Å². The smallest absolute Gasteiger partial charge is 0.158 e. The number of hydrogen-bond acceptors (Lipinski definition) is 5. The topological polar surface area (TPSA) is 50.1 Å². The van der Waals surface area contributed by atoms with Gasteiger partial charge in [0.05, 0.1) is 0 Å². The molecule has 0 bridgehead atoms. The maximum Gasteiger partial charge on any atom is 0.158 e. The van der Waals surface area contributed by atoms with E-state index in [2.05, 4.69) is 30.9 Å². The predicted octanol–water partition coefficient (Wildman–Crippen LogP) is 2.64. The van der Waals surface area contributed by atoms with E-state index in [-0.39, 0.29) is 0 Å². The lowest BCUT2D eigenvalue weighted by atomic mass is 10.2. The standard InChI is InChI=1S/C18H19ClN6/c19-16-5-2-1-4-15(16)13-23-8-10-24(11-9-23)17-12-18(21-14-20-17)25-7-3-6-22-25/h1-7,12,14H,8-11,13H2. The van der Waals surface area contributed by atoms with Crippen LogP contribution in [-0.4, -0.2) is 50.8 Å². The molecule has 1 aliphatic rings. The van der Waals surface area contributed by atoms with Crippen molar-refractivity contribution < 1.29 is 0 Å². The van der Waals surface area contributed by atoms with Gasteiger partial charge in [-0.1, -0.05) is 29.8 Å². The SMILES string of the molecule is Clc1ccccc1CN1CCN(c2cc(-n3cccn3)ncn2)CC1. The van der Waals surface area contributed by atoms with Crippen molar-refractivity contribution in [2.45, 2.75) is 6.54 Å². The van der Waals surface area contributed by atoms with Crippen LogP contribution in [0.5, 0.6) is 0 Å². The van der Waals surface area contributed by atoms with Crippen LogP contribution in [0.15, 0.2) is 55.1 Å². The van der Waals surface area contributed by atoms with E-state index >= 15 is 0 Å². The molecule has 1 aromatic carbocycles. The molecule has 25 heavy (non-hydrogen) atoms. The zero-order chi connectivity index (χ0) is 17.1. The third-order valence-electron chi connectivity index (χ3n) is 4.43. The third-order valence-corrected chi connectivity index (χ3v) is 4.79. The Morgan fingerprint density at radius 1 is 0.960 bits per heavy atom. The van der Waals surface area contributed by atoms with Gasteiger partial charge in [-0.25, -0.2) is 14.6 Å². The number of piperazine rings is 1. The second-order valence-corrected chi connectivity index (χ2v) is 6.45. The molecular formula is C18H19ClN6. The van der Waals surface area contributed by atoms with Gasteiger partial charge in [-0.2, -0.15) is 5.10 Å². The highest BCUT2D eigenvalue weighted by atomic mass is 35.5. The molecule has 0 amide bonds. The number of benzene rings is 1. The van der Waals surface area contributed by atoms with Crippen molar-refractivity contribution in [3.05, 3.63) is 65.7 Å². The van der Waals surface area contributed by atoms with Crippen LogP contribution in [0.1, 0.15) is 5.56 Å². The molecule has 1 fully saturated rings. The summed E-state index contributed by atoms with van der Waals surface area (Å²) in [4.78, 5) is 13.4. The number of nitrogens with zero attached hydrogens (tertiary/aromatic N) is 6. The Morgan fingerprint density at radius 2 is 1.76 bits per heavy atom. The van der Waals surface area contributed by atoms with Crippen LogP contribution < -0.4 is 4.90 Å². The Balaban J connectivity index is 1.40. The summed E-state index contributed by atoms with van der Waals surface area (Å²) in [5.74, 6) is 1.73. The van der Waals surface area contributed by atoms with Crippen LogP contribution >= 0.6 is 11.6 Å². The number of anilines is 1. The first-order valence-corrected chi connectivity index (χ1v) is 8.70. The molecule has 2 aromatic heterocycles. The zero-order valence-electron chi connectivity index (χ0n) is 13.8. The van der Waals surface area contributed by atoms with E-state index in [0.717, 1.165) is 49.4 Å². The van der Waals surface area contributed by atoms with Gasteiger partial charge in [-0.05, 0) is 17.7 Å². The quantitative estimate of drug-likeness (QED) is 0.721. The largest absolute Gasteiger partial charge is 0.354 e. The summed E-state index contributed by atoms with van der Waals surface area (Å²) in [6.07, 6.45) is 5.23. The molecule has 0 spiro atoms. The Kier molecular flexibility index (Phi) is 4.63.